The summed E-state index contributed by atoms with van der Waals surface area (Å²) in [5.41, 5.74) is 5.87. The Morgan fingerprint density at radius 2 is 2.22 bits per heavy atom. The van der Waals surface area contributed by atoms with Gasteiger partial charge in [-0.2, -0.15) is 5.10 Å². The summed E-state index contributed by atoms with van der Waals surface area (Å²) in [6, 6.07) is 0.578. The van der Waals surface area contributed by atoms with Gasteiger partial charge in [-0.3, -0.25) is 0 Å². The lowest BCUT2D eigenvalue weighted by Crippen LogP contribution is -2.35. The molecular formula is C12H22N6. The molecule has 0 atom stereocenters. The van der Waals surface area contributed by atoms with Gasteiger partial charge in [-0.1, -0.05) is 0 Å². The highest BCUT2D eigenvalue weighted by Gasteiger charge is 2.27. The Hall–Kier alpha value is -1.59. The monoisotopic (exact) mass is 250 g/mol. The first kappa shape index (κ1) is 12.9. The second kappa shape index (κ2) is 4.59. The quantitative estimate of drug-likeness (QED) is 0.640. The van der Waals surface area contributed by atoms with Crippen molar-refractivity contribution in [3.63, 3.8) is 0 Å². The third-order valence-electron chi connectivity index (χ3n) is 3.09. The van der Waals surface area contributed by atoms with E-state index in [9.17, 15) is 0 Å². The summed E-state index contributed by atoms with van der Waals surface area (Å²) in [6.07, 6.45) is 3.99. The van der Waals surface area contributed by atoms with Crippen LogP contribution >= 0.6 is 0 Å². The van der Waals surface area contributed by atoms with Crippen molar-refractivity contribution >= 4 is 5.96 Å². The van der Waals surface area contributed by atoms with E-state index in [0.29, 0.717) is 18.5 Å². The fourth-order valence-corrected chi connectivity index (χ4v) is 1.85. The van der Waals surface area contributed by atoms with Gasteiger partial charge < -0.3 is 10.6 Å². The molecule has 0 aromatic carbocycles. The van der Waals surface area contributed by atoms with Gasteiger partial charge in [0.05, 0.1) is 5.54 Å². The van der Waals surface area contributed by atoms with E-state index in [2.05, 4.69) is 35.8 Å². The number of hydrogen-bond donors (Lipinski definition) is 1. The highest BCUT2D eigenvalue weighted by atomic mass is 15.4. The van der Waals surface area contributed by atoms with Gasteiger partial charge in [0.25, 0.3) is 0 Å². The predicted octanol–water partition coefficient (Wildman–Crippen LogP) is 0.942. The molecule has 1 aromatic heterocycles. The van der Waals surface area contributed by atoms with E-state index in [1.165, 1.54) is 12.8 Å². The first-order valence-corrected chi connectivity index (χ1v) is 6.31. The fourth-order valence-electron chi connectivity index (χ4n) is 1.85. The maximum Gasteiger partial charge on any atom is 0.191 e. The SMILES string of the molecule is CN(C(N)=NCc1ncnn1C(C)(C)C)C1CC1. The molecule has 0 saturated heterocycles. The van der Waals surface area contributed by atoms with Crippen molar-refractivity contribution in [2.75, 3.05) is 7.05 Å². The van der Waals surface area contributed by atoms with Crippen LogP contribution in [-0.4, -0.2) is 38.7 Å². The van der Waals surface area contributed by atoms with Crippen molar-refractivity contribution in [1.82, 2.24) is 19.7 Å². The molecule has 0 spiro atoms. The van der Waals surface area contributed by atoms with E-state index in [-0.39, 0.29) is 5.54 Å². The summed E-state index contributed by atoms with van der Waals surface area (Å²) >= 11 is 0. The van der Waals surface area contributed by atoms with Crippen LogP contribution in [0.2, 0.25) is 0 Å². The van der Waals surface area contributed by atoms with Crippen LogP contribution in [0.25, 0.3) is 0 Å². The lowest BCUT2D eigenvalue weighted by molar-refractivity contribution is 0.341. The largest absolute Gasteiger partial charge is 0.370 e. The summed E-state index contributed by atoms with van der Waals surface area (Å²) in [7, 11) is 1.99. The summed E-state index contributed by atoms with van der Waals surface area (Å²) in [6.45, 7) is 6.75. The zero-order valence-electron chi connectivity index (χ0n) is 11.6. The van der Waals surface area contributed by atoms with E-state index in [1.807, 2.05) is 16.6 Å². The summed E-state index contributed by atoms with van der Waals surface area (Å²) in [5.74, 6) is 1.43. The molecular weight excluding hydrogens is 228 g/mol. The van der Waals surface area contributed by atoms with E-state index in [0.717, 1.165) is 5.82 Å². The summed E-state index contributed by atoms with van der Waals surface area (Å²) < 4.78 is 1.89. The van der Waals surface area contributed by atoms with Gasteiger partial charge in [-0.05, 0) is 33.6 Å². The number of nitrogens with two attached hydrogens (primary N) is 1. The zero-order valence-corrected chi connectivity index (χ0v) is 11.6. The van der Waals surface area contributed by atoms with Crippen LogP contribution < -0.4 is 5.73 Å². The Kier molecular flexibility index (Phi) is 3.28. The van der Waals surface area contributed by atoms with Gasteiger partial charge in [0, 0.05) is 13.1 Å². The van der Waals surface area contributed by atoms with Crippen molar-refractivity contribution < 1.29 is 0 Å². The van der Waals surface area contributed by atoms with Gasteiger partial charge >= 0.3 is 0 Å². The van der Waals surface area contributed by atoms with Gasteiger partial charge in [0.2, 0.25) is 0 Å². The zero-order chi connectivity index (χ0) is 13.3. The summed E-state index contributed by atoms with van der Waals surface area (Å²) in [5, 5.41) is 4.24. The van der Waals surface area contributed by atoms with Crippen LogP contribution in [0, 0.1) is 0 Å². The Balaban J connectivity index is 2.05. The Labute approximate surface area is 108 Å². The number of rotatable bonds is 3. The van der Waals surface area contributed by atoms with Crippen LogP contribution in [0.4, 0.5) is 0 Å². The minimum atomic E-state index is -0.0848. The first-order chi connectivity index (χ1) is 8.39. The minimum Gasteiger partial charge on any atom is -0.370 e. The van der Waals surface area contributed by atoms with Crippen molar-refractivity contribution in [3.8, 4) is 0 Å². The molecule has 0 bridgehead atoms. The Morgan fingerprint density at radius 1 is 1.56 bits per heavy atom. The highest BCUT2D eigenvalue weighted by molar-refractivity contribution is 5.78. The molecule has 6 heteroatoms. The molecule has 0 radical (unpaired) electrons. The number of aromatic nitrogens is 3. The molecule has 0 aliphatic heterocycles. The maximum atomic E-state index is 5.95. The van der Waals surface area contributed by atoms with Crippen molar-refractivity contribution in [1.29, 1.82) is 0 Å². The number of guanidine groups is 1. The average Bonchev–Trinajstić information content (AvgIpc) is 3.01. The van der Waals surface area contributed by atoms with Crippen LogP contribution in [-0.2, 0) is 12.1 Å². The minimum absolute atomic E-state index is 0.0848. The molecule has 1 heterocycles. The second-order valence-electron chi connectivity index (χ2n) is 5.78. The number of nitrogens with zero attached hydrogens (tertiary/aromatic N) is 5. The average molecular weight is 250 g/mol. The Morgan fingerprint density at radius 3 is 2.78 bits per heavy atom. The third kappa shape index (κ3) is 2.80. The molecule has 18 heavy (non-hydrogen) atoms. The van der Waals surface area contributed by atoms with Crippen molar-refractivity contribution in [2.24, 2.45) is 10.7 Å². The third-order valence-corrected chi connectivity index (χ3v) is 3.09. The van der Waals surface area contributed by atoms with Crippen LogP contribution in [0.15, 0.2) is 11.3 Å². The molecule has 0 unspecified atom stereocenters. The van der Waals surface area contributed by atoms with Gasteiger partial charge in [-0.15, -0.1) is 0 Å². The summed E-state index contributed by atoms with van der Waals surface area (Å²) in [4.78, 5) is 10.7. The first-order valence-electron chi connectivity index (χ1n) is 6.31. The lowest BCUT2D eigenvalue weighted by atomic mass is 10.1. The van der Waals surface area contributed by atoms with E-state index >= 15 is 0 Å². The van der Waals surface area contributed by atoms with Crippen molar-refractivity contribution in [2.45, 2.75) is 51.7 Å². The van der Waals surface area contributed by atoms with E-state index in [1.54, 1.807) is 6.33 Å². The van der Waals surface area contributed by atoms with Crippen LogP contribution in [0.5, 0.6) is 0 Å². The molecule has 100 valence electrons. The predicted molar refractivity (Wildman–Crippen MR) is 71.1 cm³/mol. The number of hydrogen-bond acceptors (Lipinski definition) is 3. The van der Waals surface area contributed by atoms with Gasteiger partial charge in [-0.25, -0.2) is 14.7 Å². The molecule has 1 fully saturated rings. The van der Waals surface area contributed by atoms with E-state index < -0.39 is 0 Å². The molecule has 1 saturated carbocycles. The fraction of sp³-hybridized carbons (Fsp3) is 0.750. The highest BCUT2D eigenvalue weighted by Crippen LogP contribution is 2.25. The second-order valence-corrected chi connectivity index (χ2v) is 5.78. The van der Waals surface area contributed by atoms with Gasteiger partial charge in [0.15, 0.2) is 5.96 Å². The normalized spacial score (nSPS) is 17.0. The standard InChI is InChI=1S/C12H22N6/c1-12(2,3)18-10(15-8-16-18)7-14-11(13)17(4)9-5-6-9/h8-9H,5-7H2,1-4H3,(H2,13,14). The molecule has 6 nitrogen and oxygen atoms in total. The molecule has 1 aromatic rings. The number of aliphatic imine (C=N–C) groups is 1. The molecule has 1 aliphatic carbocycles. The molecule has 2 N–H and O–H groups in total. The molecule has 1 aliphatic rings. The maximum absolute atomic E-state index is 5.95. The van der Waals surface area contributed by atoms with Crippen molar-refractivity contribution in [3.05, 3.63) is 12.2 Å². The molecule has 2 rings (SSSR count). The van der Waals surface area contributed by atoms with E-state index in [4.69, 9.17) is 5.73 Å². The Bertz CT molecular complexity index is 438. The van der Waals surface area contributed by atoms with Crippen LogP contribution in [0.1, 0.15) is 39.4 Å². The van der Waals surface area contributed by atoms with Gasteiger partial charge in [0.1, 0.15) is 18.7 Å². The topological polar surface area (TPSA) is 72.3 Å². The smallest absolute Gasteiger partial charge is 0.191 e. The molecule has 0 amide bonds. The van der Waals surface area contributed by atoms with Crippen LogP contribution in [0.3, 0.4) is 0 Å². The lowest BCUT2D eigenvalue weighted by Gasteiger charge is -2.21.